The van der Waals surface area contributed by atoms with E-state index in [1.165, 1.54) is 0 Å². The first-order valence-electron chi connectivity index (χ1n) is 4.19. The van der Waals surface area contributed by atoms with Crippen LogP contribution in [0.2, 0.25) is 0 Å². The summed E-state index contributed by atoms with van der Waals surface area (Å²) in [5, 5.41) is 0. The van der Waals surface area contributed by atoms with Crippen LogP contribution in [0.25, 0.3) is 0 Å². The third kappa shape index (κ3) is 3.51. The van der Waals surface area contributed by atoms with E-state index in [2.05, 4.69) is 0 Å². The molecule has 1 amide bonds. The average molecular weight is 248 g/mol. The minimum Gasteiger partial charge on any atom is -0.339 e. The number of alkyl halides is 3. The summed E-state index contributed by atoms with van der Waals surface area (Å²) in [6.07, 6.45) is -4.15. The zero-order valence-corrected chi connectivity index (χ0v) is 8.64. The molecule has 0 saturated carbocycles. The van der Waals surface area contributed by atoms with E-state index in [9.17, 15) is 18.0 Å². The fourth-order valence-corrected chi connectivity index (χ4v) is 1.32. The van der Waals surface area contributed by atoms with Crippen LogP contribution in [0.5, 0.6) is 0 Å². The van der Waals surface area contributed by atoms with Crippen molar-refractivity contribution >= 4 is 18.3 Å². The summed E-state index contributed by atoms with van der Waals surface area (Å²) in [6.45, 7) is 0.409. The Morgan fingerprint density at radius 3 is 2.33 bits per heavy atom. The minimum atomic E-state index is -4.68. The normalized spacial score (nSPS) is 23.5. The first kappa shape index (κ1) is 14.5. The molecule has 1 heterocycles. The zero-order valence-electron chi connectivity index (χ0n) is 7.83. The molecule has 15 heavy (non-hydrogen) atoms. The van der Waals surface area contributed by atoms with E-state index in [0.717, 1.165) is 4.90 Å². The van der Waals surface area contributed by atoms with Crippen LogP contribution in [0.15, 0.2) is 0 Å². The van der Waals surface area contributed by atoms with Gasteiger partial charge in [0.05, 0.1) is 0 Å². The van der Waals surface area contributed by atoms with Gasteiger partial charge in [0.2, 0.25) is 5.91 Å². The molecule has 1 fully saturated rings. The number of nitrogens with two attached hydrogens (primary N) is 2. The minimum absolute atomic E-state index is 0. The van der Waals surface area contributed by atoms with Gasteiger partial charge in [-0.25, -0.2) is 0 Å². The molecule has 90 valence electrons. The Morgan fingerprint density at radius 2 is 2.00 bits per heavy atom. The number of likely N-dealkylation sites (tertiary alicyclic amines) is 1. The number of rotatable bonds is 1. The summed E-state index contributed by atoms with van der Waals surface area (Å²) in [7, 11) is 0. The standard InChI is InChI=1S/C7H12F3N3O.ClH/c8-7(9,10)5(12)6(14)13-2-1-4(11)3-13;/h4-5H,1-3,11-12H2;1H. The molecule has 0 aromatic carbocycles. The summed E-state index contributed by atoms with van der Waals surface area (Å²) in [4.78, 5) is 12.2. The highest BCUT2D eigenvalue weighted by atomic mass is 35.5. The highest BCUT2D eigenvalue weighted by Crippen LogP contribution is 2.21. The van der Waals surface area contributed by atoms with Gasteiger partial charge in [-0.05, 0) is 6.42 Å². The molecule has 0 bridgehead atoms. The summed E-state index contributed by atoms with van der Waals surface area (Å²) >= 11 is 0. The van der Waals surface area contributed by atoms with Crippen LogP contribution in [0.3, 0.4) is 0 Å². The van der Waals surface area contributed by atoms with Crippen molar-refractivity contribution in [2.75, 3.05) is 13.1 Å². The number of carbonyl (C=O) groups is 1. The van der Waals surface area contributed by atoms with E-state index < -0.39 is 18.1 Å². The summed E-state index contributed by atoms with van der Waals surface area (Å²) in [6, 6.07) is -2.66. The van der Waals surface area contributed by atoms with Crippen molar-refractivity contribution in [3.8, 4) is 0 Å². The first-order chi connectivity index (χ1) is 6.32. The van der Waals surface area contributed by atoms with Crippen molar-refractivity contribution in [3.05, 3.63) is 0 Å². The molecule has 2 unspecified atom stereocenters. The van der Waals surface area contributed by atoms with E-state index in [0.29, 0.717) is 6.42 Å². The number of nitrogens with zero attached hydrogens (tertiary/aromatic N) is 1. The van der Waals surface area contributed by atoms with Gasteiger partial charge >= 0.3 is 6.18 Å². The van der Waals surface area contributed by atoms with Gasteiger partial charge in [-0.3, -0.25) is 4.79 Å². The second-order valence-corrected chi connectivity index (χ2v) is 3.35. The molecule has 0 spiro atoms. The molecule has 1 saturated heterocycles. The maximum absolute atomic E-state index is 12.0. The highest BCUT2D eigenvalue weighted by molar-refractivity contribution is 5.85. The van der Waals surface area contributed by atoms with Gasteiger partial charge in [-0.2, -0.15) is 13.2 Å². The number of hydrogen-bond acceptors (Lipinski definition) is 3. The van der Waals surface area contributed by atoms with Crippen molar-refractivity contribution < 1.29 is 18.0 Å². The molecule has 2 atom stereocenters. The summed E-state index contributed by atoms with van der Waals surface area (Å²) in [5.41, 5.74) is 10.2. The van der Waals surface area contributed by atoms with Crippen molar-refractivity contribution in [2.45, 2.75) is 24.7 Å². The molecular formula is C7H13ClF3N3O. The van der Waals surface area contributed by atoms with Crippen LogP contribution >= 0.6 is 12.4 Å². The van der Waals surface area contributed by atoms with Crippen LogP contribution in [0.1, 0.15) is 6.42 Å². The average Bonchev–Trinajstić information content (AvgIpc) is 2.47. The molecular weight excluding hydrogens is 235 g/mol. The monoisotopic (exact) mass is 247 g/mol. The Hall–Kier alpha value is -0.530. The molecule has 8 heteroatoms. The van der Waals surface area contributed by atoms with Crippen LogP contribution in [0.4, 0.5) is 13.2 Å². The number of hydrogen-bond donors (Lipinski definition) is 2. The molecule has 1 rings (SSSR count). The summed E-state index contributed by atoms with van der Waals surface area (Å²) < 4.78 is 36.1. The van der Waals surface area contributed by atoms with Gasteiger partial charge in [0, 0.05) is 19.1 Å². The lowest BCUT2D eigenvalue weighted by atomic mass is 10.2. The summed E-state index contributed by atoms with van der Waals surface area (Å²) in [5.74, 6) is -1.09. The SMILES string of the molecule is Cl.NC1CCN(C(=O)C(N)C(F)(F)F)C1. The van der Waals surface area contributed by atoms with Gasteiger partial charge in [0.25, 0.3) is 0 Å². The topological polar surface area (TPSA) is 72.3 Å². The Labute approximate surface area is 91.2 Å². The lowest BCUT2D eigenvalue weighted by Crippen LogP contribution is -2.51. The van der Waals surface area contributed by atoms with E-state index in [-0.39, 0.29) is 31.5 Å². The Kier molecular flexibility index (Phi) is 4.82. The van der Waals surface area contributed by atoms with Crippen molar-refractivity contribution in [2.24, 2.45) is 11.5 Å². The van der Waals surface area contributed by atoms with Gasteiger partial charge in [0.15, 0.2) is 6.04 Å². The second-order valence-electron chi connectivity index (χ2n) is 3.35. The Bertz CT molecular complexity index is 236. The van der Waals surface area contributed by atoms with Crippen LogP contribution in [-0.4, -0.2) is 42.2 Å². The van der Waals surface area contributed by atoms with Gasteiger partial charge < -0.3 is 16.4 Å². The van der Waals surface area contributed by atoms with E-state index in [1.807, 2.05) is 0 Å². The van der Waals surface area contributed by atoms with E-state index >= 15 is 0 Å². The van der Waals surface area contributed by atoms with Crippen molar-refractivity contribution in [3.63, 3.8) is 0 Å². The number of carbonyl (C=O) groups excluding carboxylic acids is 1. The fourth-order valence-electron chi connectivity index (χ4n) is 1.32. The molecule has 4 N–H and O–H groups in total. The molecule has 1 aliphatic rings. The highest BCUT2D eigenvalue weighted by Gasteiger charge is 2.44. The van der Waals surface area contributed by atoms with Crippen LogP contribution < -0.4 is 11.5 Å². The maximum Gasteiger partial charge on any atom is 0.412 e. The maximum atomic E-state index is 12.0. The number of amides is 1. The van der Waals surface area contributed by atoms with Gasteiger partial charge in [-0.15, -0.1) is 12.4 Å². The third-order valence-electron chi connectivity index (χ3n) is 2.16. The van der Waals surface area contributed by atoms with E-state index in [1.54, 1.807) is 0 Å². The zero-order chi connectivity index (χ0) is 10.9. The predicted octanol–water partition coefficient (Wildman–Crippen LogP) is -0.143. The van der Waals surface area contributed by atoms with Crippen molar-refractivity contribution in [1.82, 2.24) is 4.90 Å². The van der Waals surface area contributed by atoms with E-state index in [4.69, 9.17) is 11.5 Å². The Morgan fingerprint density at radius 1 is 1.47 bits per heavy atom. The lowest BCUT2D eigenvalue weighted by molar-refractivity contribution is -0.169. The quantitative estimate of drug-likeness (QED) is 0.677. The molecule has 0 radical (unpaired) electrons. The molecule has 0 aromatic heterocycles. The molecule has 0 aromatic rings. The molecule has 1 aliphatic heterocycles. The first-order valence-corrected chi connectivity index (χ1v) is 4.19. The third-order valence-corrected chi connectivity index (χ3v) is 2.16. The largest absolute Gasteiger partial charge is 0.412 e. The predicted molar refractivity (Wildman–Crippen MR) is 50.5 cm³/mol. The fraction of sp³-hybridized carbons (Fsp3) is 0.857. The Balaban J connectivity index is 0.00000196. The molecule has 4 nitrogen and oxygen atoms in total. The van der Waals surface area contributed by atoms with Crippen molar-refractivity contribution in [1.29, 1.82) is 0 Å². The second kappa shape index (κ2) is 5.00. The number of halogens is 4. The van der Waals surface area contributed by atoms with Gasteiger partial charge in [0.1, 0.15) is 0 Å². The van der Waals surface area contributed by atoms with Crippen LogP contribution in [-0.2, 0) is 4.79 Å². The smallest absolute Gasteiger partial charge is 0.339 e. The van der Waals surface area contributed by atoms with Gasteiger partial charge in [-0.1, -0.05) is 0 Å². The lowest BCUT2D eigenvalue weighted by Gasteiger charge is -2.21. The molecule has 0 aliphatic carbocycles. The van der Waals surface area contributed by atoms with Crippen LogP contribution in [0, 0.1) is 0 Å².